The summed E-state index contributed by atoms with van der Waals surface area (Å²) in [5.74, 6) is 0. The predicted octanol–water partition coefficient (Wildman–Crippen LogP) is 1.37. The second-order valence-electron chi connectivity index (χ2n) is 7.22. The van der Waals surface area contributed by atoms with Gasteiger partial charge in [0.05, 0.1) is 13.2 Å². The molecule has 7 nitrogen and oxygen atoms in total. The first-order chi connectivity index (χ1) is 13.2. The molecule has 2 heterocycles. The monoisotopic (exact) mass is 403 g/mol. The third-order valence-electron chi connectivity index (χ3n) is 5.35. The van der Waals surface area contributed by atoms with Crippen LogP contribution in [-0.4, -0.2) is 115 Å². The molecule has 0 radical (unpaired) electrons. The Morgan fingerprint density at radius 2 is 1.11 bits per heavy atom. The van der Waals surface area contributed by atoms with Crippen LogP contribution >= 0.6 is 0 Å². The third-order valence-corrected chi connectivity index (χ3v) is 8.50. The number of nitrogens with zero attached hydrogens (tertiary/aromatic N) is 3. The van der Waals surface area contributed by atoms with Crippen LogP contribution in [0.2, 0.25) is 6.04 Å². The number of ether oxygens (including phenoxy) is 1. The summed E-state index contributed by atoms with van der Waals surface area (Å²) >= 11 is 0. The van der Waals surface area contributed by atoms with E-state index in [1.807, 2.05) is 20.8 Å². The normalized spacial score (nSPS) is 21.0. The van der Waals surface area contributed by atoms with Gasteiger partial charge in [0.1, 0.15) is 0 Å². The lowest BCUT2D eigenvalue weighted by Gasteiger charge is -2.36. The van der Waals surface area contributed by atoms with Crippen molar-refractivity contribution in [2.75, 3.05) is 91.9 Å². The Kier molecular flexibility index (Phi) is 11.4. The summed E-state index contributed by atoms with van der Waals surface area (Å²) in [7, 11) is -2.48. The van der Waals surface area contributed by atoms with Crippen LogP contribution in [0.3, 0.4) is 0 Å². The summed E-state index contributed by atoms with van der Waals surface area (Å²) in [6.07, 6.45) is 1.08. The fourth-order valence-electron chi connectivity index (χ4n) is 3.86. The summed E-state index contributed by atoms with van der Waals surface area (Å²) in [6, 6.07) is 0.916. The van der Waals surface area contributed by atoms with Crippen molar-refractivity contribution in [3.63, 3.8) is 0 Å². The molecule has 0 amide bonds. The molecule has 0 N–H and O–H groups in total. The van der Waals surface area contributed by atoms with E-state index in [2.05, 4.69) is 14.7 Å². The minimum atomic E-state index is -2.48. The highest BCUT2D eigenvalue weighted by Crippen LogP contribution is 2.19. The van der Waals surface area contributed by atoms with Crippen LogP contribution in [0.15, 0.2) is 0 Å². The summed E-state index contributed by atoms with van der Waals surface area (Å²) in [5.41, 5.74) is 0. The molecule has 8 heteroatoms. The van der Waals surface area contributed by atoms with E-state index < -0.39 is 8.80 Å². The molecule has 2 saturated heterocycles. The number of piperazine rings is 1. The molecule has 0 atom stereocenters. The van der Waals surface area contributed by atoms with E-state index in [9.17, 15) is 0 Å². The summed E-state index contributed by atoms with van der Waals surface area (Å²) in [6.45, 7) is 20.2. The Balaban J connectivity index is 1.62. The standard InChI is InChI=1S/C19H41N3O4Si/c1-4-24-27(25-5-2,26-6-3)19-7-8-20-9-11-21(12-10-20)13-14-22-15-17-23-18-16-22/h4-19H2,1-3H3. The summed E-state index contributed by atoms with van der Waals surface area (Å²) in [5, 5.41) is 0. The second kappa shape index (κ2) is 13.2. The smallest absolute Gasteiger partial charge is 0.379 e. The lowest BCUT2D eigenvalue weighted by molar-refractivity contribution is 0.0298. The Bertz CT molecular complexity index is 361. The summed E-state index contributed by atoms with van der Waals surface area (Å²) < 4.78 is 23.3. The first kappa shape index (κ1) is 23.2. The van der Waals surface area contributed by atoms with Gasteiger partial charge in [-0.3, -0.25) is 9.80 Å². The predicted molar refractivity (Wildman–Crippen MR) is 110 cm³/mol. The van der Waals surface area contributed by atoms with Gasteiger partial charge in [0.2, 0.25) is 0 Å². The zero-order valence-corrected chi connectivity index (χ0v) is 18.8. The average molecular weight is 404 g/mol. The van der Waals surface area contributed by atoms with Crippen molar-refractivity contribution in [1.82, 2.24) is 14.7 Å². The molecule has 2 aliphatic heterocycles. The molecule has 0 unspecified atom stereocenters. The van der Waals surface area contributed by atoms with E-state index in [0.717, 1.165) is 58.4 Å². The second-order valence-corrected chi connectivity index (χ2v) is 9.95. The highest BCUT2D eigenvalue weighted by molar-refractivity contribution is 6.60. The topological polar surface area (TPSA) is 46.6 Å². The van der Waals surface area contributed by atoms with Gasteiger partial charge in [-0.25, -0.2) is 0 Å². The molecular formula is C19H41N3O4Si. The molecule has 0 aliphatic carbocycles. The lowest BCUT2D eigenvalue weighted by Crippen LogP contribution is -2.50. The van der Waals surface area contributed by atoms with E-state index in [4.69, 9.17) is 18.0 Å². The SMILES string of the molecule is CCO[Si](CCCN1CCN(CCN2CCOCC2)CC1)(OCC)OCC. The zero-order chi connectivity index (χ0) is 19.4. The first-order valence-corrected chi connectivity index (χ1v) is 12.8. The van der Waals surface area contributed by atoms with E-state index in [-0.39, 0.29) is 0 Å². The van der Waals surface area contributed by atoms with Crippen LogP contribution in [0.5, 0.6) is 0 Å². The summed E-state index contributed by atoms with van der Waals surface area (Å²) in [4.78, 5) is 7.70. The Morgan fingerprint density at radius 3 is 1.59 bits per heavy atom. The van der Waals surface area contributed by atoms with Crippen LogP contribution in [0.4, 0.5) is 0 Å². The van der Waals surface area contributed by atoms with Crippen molar-refractivity contribution in [3.8, 4) is 0 Å². The van der Waals surface area contributed by atoms with Crippen LogP contribution in [0.1, 0.15) is 27.2 Å². The van der Waals surface area contributed by atoms with Gasteiger partial charge >= 0.3 is 8.80 Å². The zero-order valence-electron chi connectivity index (χ0n) is 17.8. The quantitative estimate of drug-likeness (QED) is 0.431. The molecule has 0 aromatic rings. The molecule has 0 spiro atoms. The Labute approximate surface area is 167 Å². The van der Waals surface area contributed by atoms with Gasteiger partial charge in [0.15, 0.2) is 0 Å². The minimum absolute atomic E-state index is 0.661. The maximum atomic E-state index is 5.96. The molecule has 0 aromatic heterocycles. The fraction of sp³-hybridized carbons (Fsp3) is 1.00. The molecule has 2 fully saturated rings. The number of rotatable bonds is 13. The van der Waals surface area contributed by atoms with Crippen molar-refractivity contribution in [2.45, 2.75) is 33.2 Å². The molecule has 160 valence electrons. The number of morpholine rings is 1. The van der Waals surface area contributed by atoms with Gasteiger partial charge in [-0.05, 0) is 33.7 Å². The van der Waals surface area contributed by atoms with Crippen molar-refractivity contribution < 1.29 is 18.0 Å². The molecule has 2 aliphatic rings. The minimum Gasteiger partial charge on any atom is -0.379 e. The molecule has 0 saturated carbocycles. The van der Waals surface area contributed by atoms with Crippen molar-refractivity contribution in [2.24, 2.45) is 0 Å². The van der Waals surface area contributed by atoms with Gasteiger partial charge in [-0.15, -0.1) is 0 Å². The fourth-order valence-corrected chi connectivity index (χ4v) is 6.46. The van der Waals surface area contributed by atoms with Crippen molar-refractivity contribution >= 4 is 8.80 Å². The van der Waals surface area contributed by atoms with Crippen LogP contribution in [-0.2, 0) is 18.0 Å². The van der Waals surface area contributed by atoms with Crippen molar-refractivity contribution in [3.05, 3.63) is 0 Å². The largest absolute Gasteiger partial charge is 0.500 e. The first-order valence-electron chi connectivity index (χ1n) is 10.9. The number of hydrogen-bond donors (Lipinski definition) is 0. The Morgan fingerprint density at radius 1 is 0.667 bits per heavy atom. The van der Waals surface area contributed by atoms with Crippen LogP contribution in [0, 0.1) is 0 Å². The molecule has 0 aromatic carbocycles. The van der Waals surface area contributed by atoms with Gasteiger partial charge < -0.3 is 22.9 Å². The average Bonchev–Trinajstić information content (AvgIpc) is 2.69. The van der Waals surface area contributed by atoms with Gasteiger partial charge in [0.25, 0.3) is 0 Å². The maximum Gasteiger partial charge on any atom is 0.500 e. The van der Waals surface area contributed by atoms with E-state index in [1.54, 1.807) is 0 Å². The maximum absolute atomic E-state index is 5.96. The highest BCUT2D eigenvalue weighted by Gasteiger charge is 2.39. The number of hydrogen-bond acceptors (Lipinski definition) is 7. The van der Waals surface area contributed by atoms with Crippen molar-refractivity contribution in [1.29, 1.82) is 0 Å². The third kappa shape index (κ3) is 8.45. The molecule has 0 bridgehead atoms. The Hall–Kier alpha value is -0.0631. The van der Waals surface area contributed by atoms with Crippen LogP contribution < -0.4 is 0 Å². The lowest BCUT2D eigenvalue weighted by atomic mass is 10.3. The van der Waals surface area contributed by atoms with Gasteiger partial charge in [-0.2, -0.15) is 0 Å². The highest BCUT2D eigenvalue weighted by atomic mass is 28.4. The van der Waals surface area contributed by atoms with Crippen LogP contribution in [0.25, 0.3) is 0 Å². The molecular weight excluding hydrogens is 362 g/mol. The molecule has 2 rings (SSSR count). The van der Waals surface area contributed by atoms with E-state index >= 15 is 0 Å². The van der Waals surface area contributed by atoms with Gasteiger partial charge in [-0.1, -0.05) is 0 Å². The molecule has 27 heavy (non-hydrogen) atoms. The van der Waals surface area contributed by atoms with E-state index in [1.165, 1.54) is 26.2 Å². The van der Waals surface area contributed by atoms with Gasteiger partial charge in [0, 0.05) is 78.2 Å². The van der Waals surface area contributed by atoms with E-state index in [0.29, 0.717) is 19.8 Å².